The van der Waals surface area contributed by atoms with Crippen LogP contribution in [0.15, 0.2) is 54.6 Å². The van der Waals surface area contributed by atoms with Crippen molar-refractivity contribution in [2.24, 2.45) is 0 Å². The van der Waals surface area contributed by atoms with Gasteiger partial charge < -0.3 is 10.1 Å². The number of esters is 1. The van der Waals surface area contributed by atoms with E-state index < -0.39 is 17.5 Å². The molecule has 7 heteroatoms. The number of amides is 3. The standard InChI is InChI=1S/C23H25N3O4/c1-30-20(27)15-25(14-17-7-3-2-4-8-17)16-26-21(28)23(24-22(26)29)12-11-18-9-5-6-10-19(18)13-23/h2-10H,11-16H2,1H3,(H,24,29). The number of imide groups is 1. The Kier molecular flexibility index (Phi) is 5.55. The highest BCUT2D eigenvalue weighted by atomic mass is 16.5. The first-order valence-electron chi connectivity index (χ1n) is 10.0. The predicted molar refractivity (Wildman–Crippen MR) is 110 cm³/mol. The third-order valence-corrected chi connectivity index (χ3v) is 5.85. The van der Waals surface area contributed by atoms with E-state index >= 15 is 0 Å². The molecule has 2 aromatic rings. The molecule has 0 radical (unpaired) electrons. The molecule has 1 heterocycles. The van der Waals surface area contributed by atoms with Crippen LogP contribution in [0.3, 0.4) is 0 Å². The molecule has 1 aliphatic heterocycles. The maximum Gasteiger partial charge on any atom is 0.326 e. The van der Waals surface area contributed by atoms with E-state index in [9.17, 15) is 14.4 Å². The van der Waals surface area contributed by atoms with Crippen molar-refractivity contribution in [3.8, 4) is 0 Å². The number of fused-ring (bicyclic) bond motifs is 1. The van der Waals surface area contributed by atoms with E-state index in [0.717, 1.165) is 17.5 Å². The van der Waals surface area contributed by atoms with Crippen LogP contribution in [0.5, 0.6) is 0 Å². The molecular formula is C23H25N3O4. The van der Waals surface area contributed by atoms with E-state index in [4.69, 9.17) is 4.74 Å². The molecule has 7 nitrogen and oxygen atoms in total. The van der Waals surface area contributed by atoms with Crippen molar-refractivity contribution >= 4 is 17.9 Å². The second kappa shape index (κ2) is 8.28. The van der Waals surface area contributed by atoms with E-state index in [1.807, 2.05) is 48.5 Å². The number of aryl methyl sites for hydroxylation is 1. The van der Waals surface area contributed by atoms with Gasteiger partial charge in [0.05, 0.1) is 20.3 Å². The molecule has 0 bridgehead atoms. The Balaban J connectivity index is 1.52. The summed E-state index contributed by atoms with van der Waals surface area (Å²) in [4.78, 5) is 41.0. The molecule has 2 aromatic carbocycles. The van der Waals surface area contributed by atoms with E-state index in [1.54, 1.807) is 4.90 Å². The first-order valence-corrected chi connectivity index (χ1v) is 10.0. The average molecular weight is 407 g/mol. The zero-order chi connectivity index (χ0) is 21.1. The van der Waals surface area contributed by atoms with Crippen molar-refractivity contribution in [1.82, 2.24) is 15.1 Å². The fourth-order valence-electron chi connectivity index (χ4n) is 4.27. The van der Waals surface area contributed by atoms with Crippen molar-refractivity contribution in [3.05, 3.63) is 71.3 Å². The van der Waals surface area contributed by atoms with Crippen LogP contribution >= 0.6 is 0 Å². The van der Waals surface area contributed by atoms with Crippen LogP contribution in [0, 0.1) is 0 Å². The predicted octanol–water partition coefficient (Wildman–Crippen LogP) is 2.10. The molecule has 2 aliphatic rings. The summed E-state index contributed by atoms with van der Waals surface area (Å²) in [5.74, 6) is -0.649. The lowest BCUT2D eigenvalue weighted by molar-refractivity contribution is -0.144. The number of nitrogens with zero attached hydrogens (tertiary/aromatic N) is 2. The van der Waals surface area contributed by atoms with Crippen molar-refractivity contribution in [2.45, 2.75) is 31.3 Å². The van der Waals surface area contributed by atoms with Gasteiger partial charge in [0.2, 0.25) is 0 Å². The Bertz CT molecular complexity index is 962. The van der Waals surface area contributed by atoms with Gasteiger partial charge in [-0.2, -0.15) is 0 Å². The normalized spacial score (nSPS) is 20.4. The first kappa shape index (κ1) is 20.1. The number of nitrogens with one attached hydrogen (secondary N) is 1. The molecule has 1 unspecified atom stereocenters. The molecular weight excluding hydrogens is 382 g/mol. The molecule has 0 saturated carbocycles. The lowest BCUT2D eigenvalue weighted by Crippen LogP contribution is -2.51. The quantitative estimate of drug-likeness (QED) is 0.586. The van der Waals surface area contributed by atoms with E-state index in [0.29, 0.717) is 19.4 Å². The van der Waals surface area contributed by atoms with Gasteiger partial charge in [0.1, 0.15) is 5.54 Å². The number of carbonyl (C=O) groups is 3. The highest BCUT2D eigenvalue weighted by Crippen LogP contribution is 2.33. The van der Waals surface area contributed by atoms with Gasteiger partial charge >= 0.3 is 12.0 Å². The van der Waals surface area contributed by atoms with Gasteiger partial charge in [-0.15, -0.1) is 0 Å². The minimum atomic E-state index is -0.908. The van der Waals surface area contributed by atoms with Crippen LogP contribution in [0.1, 0.15) is 23.1 Å². The summed E-state index contributed by atoms with van der Waals surface area (Å²) in [5.41, 5.74) is 2.39. The molecule has 30 heavy (non-hydrogen) atoms. The topological polar surface area (TPSA) is 79.0 Å². The lowest BCUT2D eigenvalue weighted by atomic mass is 9.78. The maximum atomic E-state index is 13.3. The van der Waals surface area contributed by atoms with Crippen LogP contribution < -0.4 is 5.32 Å². The van der Waals surface area contributed by atoms with Crippen LogP contribution in [0.4, 0.5) is 4.79 Å². The average Bonchev–Trinajstić information content (AvgIpc) is 2.98. The Morgan fingerprint density at radius 1 is 1.10 bits per heavy atom. The number of ether oxygens (including phenoxy) is 1. The summed E-state index contributed by atoms with van der Waals surface area (Å²) in [6.07, 6.45) is 1.80. The molecule has 1 fully saturated rings. The fourth-order valence-corrected chi connectivity index (χ4v) is 4.27. The summed E-state index contributed by atoms with van der Waals surface area (Å²) in [6.45, 7) is 0.430. The largest absolute Gasteiger partial charge is 0.468 e. The van der Waals surface area contributed by atoms with Crippen LogP contribution in [-0.2, 0) is 33.7 Å². The van der Waals surface area contributed by atoms with Gasteiger partial charge in [-0.05, 0) is 29.5 Å². The summed E-state index contributed by atoms with van der Waals surface area (Å²) in [5, 5.41) is 2.94. The number of hydrogen-bond acceptors (Lipinski definition) is 5. The highest BCUT2D eigenvalue weighted by molar-refractivity contribution is 6.07. The first-order chi connectivity index (χ1) is 14.5. The molecule has 3 amide bonds. The Morgan fingerprint density at radius 3 is 2.53 bits per heavy atom. The minimum absolute atomic E-state index is 0.0156. The number of methoxy groups -OCH3 is 1. The second-order valence-corrected chi connectivity index (χ2v) is 7.88. The van der Waals surface area contributed by atoms with Crippen LogP contribution in [-0.4, -0.2) is 53.6 Å². The SMILES string of the molecule is COC(=O)CN(Cc1ccccc1)CN1C(=O)NC2(CCc3ccccc3C2)C1=O. The Morgan fingerprint density at radius 2 is 1.80 bits per heavy atom. The molecule has 1 aliphatic carbocycles. The summed E-state index contributed by atoms with van der Waals surface area (Å²) in [7, 11) is 1.32. The summed E-state index contributed by atoms with van der Waals surface area (Å²) >= 11 is 0. The molecule has 0 aromatic heterocycles. The highest BCUT2D eigenvalue weighted by Gasteiger charge is 2.52. The number of rotatable bonds is 6. The molecule has 1 atom stereocenters. The molecule has 1 N–H and O–H groups in total. The van der Waals surface area contributed by atoms with Gasteiger partial charge in [0.25, 0.3) is 5.91 Å². The number of carbonyl (C=O) groups excluding carboxylic acids is 3. The van der Waals surface area contributed by atoms with Gasteiger partial charge in [0, 0.05) is 13.0 Å². The van der Waals surface area contributed by atoms with Crippen molar-refractivity contribution in [1.29, 1.82) is 0 Å². The smallest absolute Gasteiger partial charge is 0.326 e. The van der Waals surface area contributed by atoms with Gasteiger partial charge in [-0.25, -0.2) is 9.69 Å². The maximum absolute atomic E-state index is 13.3. The molecule has 1 spiro atoms. The third-order valence-electron chi connectivity index (χ3n) is 5.85. The van der Waals surface area contributed by atoms with Crippen LogP contribution in [0.25, 0.3) is 0 Å². The zero-order valence-electron chi connectivity index (χ0n) is 17.0. The molecule has 156 valence electrons. The summed E-state index contributed by atoms with van der Waals surface area (Å²) in [6, 6.07) is 17.2. The minimum Gasteiger partial charge on any atom is -0.468 e. The Hall–Kier alpha value is -3.19. The van der Waals surface area contributed by atoms with E-state index in [-0.39, 0.29) is 19.1 Å². The van der Waals surface area contributed by atoms with Gasteiger partial charge in [-0.3, -0.25) is 14.5 Å². The van der Waals surface area contributed by atoms with Gasteiger partial charge in [0.15, 0.2) is 0 Å². The summed E-state index contributed by atoms with van der Waals surface area (Å²) < 4.78 is 4.80. The third kappa shape index (κ3) is 3.93. The zero-order valence-corrected chi connectivity index (χ0v) is 17.0. The molecule has 4 rings (SSSR count). The van der Waals surface area contributed by atoms with Crippen molar-refractivity contribution in [2.75, 3.05) is 20.3 Å². The van der Waals surface area contributed by atoms with Gasteiger partial charge in [-0.1, -0.05) is 54.6 Å². The monoisotopic (exact) mass is 407 g/mol. The second-order valence-electron chi connectivity index (χ2n) is 7.88. The molecule has 1 saturated heterocycles. The number of urea groups is 1. The van der Waals surface area contributed by atoms with E-state index in [2.05, 4.69) is 11.4 Å². The van der Waals surface area contributed by atoms with Crippen LogP contribution in [0.2, 0.25) is 0 Å². The van der Waals surface area contributed by atoms with E-state index in [1.165, 1.54) is 17.6 Å². The lowest BCUT2D eigenvalue weighted by Gasteiger charge is -2.32. The Labute approximate surface area is 175 Å². The van der Waals surface area contributed by atoms with Crippen molar-refractivity contribution in [3.63, 3.8) is 0 Å². The number of benzene rings is 2. The number of hydrogen-bond donors (Lipinski definition) is 1. The van der Waals surface area contributed by atoms with Crippen molar-refractivity contribution < 1.29 is 19.1 Å². The fraction of sp³-hybridized carbons (Fsp3) is 0.348.